The molecular formula is C23H22N2O6. The third-order valence-electron chi connectivity index (χ3n) is 5.25. The van der Waals surface area contributed by atoms with E-state index < -0.39 is 4.92 Å². The quantitative estimate of drug-likeness (QED) is 0.323. The smallest absolute Gasteiger partial charge is 0.310 e. The van der Waals surface area contributed by atoms with E-state index in [2.05, 4.69) is 0 Å². The van der Waals surface area contributed by atoms with E-state index >= 15 is 0 Å². The van der Waals surface area contributed by atoms with Gasteiger partial charge in [-0.1, -0.05) is 24.3 Å². The Labute approximate surface area is 179 Å². The number of nitrogens with zero attached hydrogens (tertiary/aromatic N) is 2. The zero-order valence-electron chi connectivity index (χ0n) is 17.2. The molecule has 0 N–H and O–H groups in total. The Morgan fingerprint density at radius 3 is 2.65 bits per heavy atom. The average Bonchev–Trinajstić information content (AvgIpc) is 3.06. The number of ketones is 1. The van der Waals surface area contributed by atoms with Crippen LogP contribution in [0, 0.1) is 24.0 Å². The molecule has 160 valence electrons. The van der Waals surface area contributed by atoms with Crippen LogP contribution in [-0.2, 0) is 6.54 Å². The van der Waals surface area contributed by atoms with Crippen molar-refractivity contribution >= 4 is 11.5 Å². The number of hydrogen-bond acceptors (Lipinski definition) is 6. The molecule has 2 aromatic carbocycles. The number of ether oxygens (including phenoxy) is 3. The van der Waals surface area contributed by atoms with Crippen molar-refractivity contribution in [2.24, 2.45) is 0 Å². The summed E-state index contributed by atoms with van der Waals surface area (Å²) in [6.07, 6.45) is -0.189. The molecule has 8 heteroatoms. The fourth-order valence-corrected chi connectivity index (χ4v) is 3.67. The Bertz CT molecular complexity index is 1140. The van der Waals surface area contributed by atoms with E-state index in [-0.39, 0.29) is 29.9 Å². The summed E-state index contributed by atoms with van der Waals surface area (Å²) >= 11 is 0. The topological polar surface area (TPSA) is 92.8 Å². The van der Waals surface area contributed by atoms with E-state index in [1.165, 1.54) is 12.1 Å². The maximum absolute atomic E-state index is 12.8. The van der Waals surface area contributed by atoms with Gasteiger partial charge in [-0.15, -0.1) is 0 Å². The maximum atomic E-state index is 12.8. The summed E-state index contributed by atoms with van der Waals surface area (Å²) in [6, 6.07) is 15.3. The molecule has 3 aromatic rings. The molecular weight excluding hydrogens is 400 g/mol. The zero-order valence-corrected chi connectivity index (χ0v) is 17.2. The van der Waals surface area contributed by atoms with E-state index in [0.717, 1.165) is 17.1 Å². The van der Waals surface area contributed by atoms with Gasteiger partial charge in [0.15, 0.2) is 30.0 Å². The molecule has 1 unspecified atom stereocenters. The molecule has 31 heavy (non-hydrogen) atoms. The summed E-state index contributed by atoms with van der Waals surface area (Å²) in [5.74, 6) is 1.25. The van der Waals surface area contributed by atoms with E-state index in [1.54, 1.807) is 18.2 Å². The number of carbonyl (C=O) groups is 1. The Kier molecular flexibility index (Phi) is 5.62. The number of Topliss-reactive ketones (excluding diaryl/α,β-unsaturated/α-hetero) is 1. The van der Waals surface area contributed by atoms with Crippen molar-refractivity contribution in [3.8, 4) is 17.2 Å². The monoisotopic (exact) mass is 422 g/mol. The third-order valence-corrected chi connectivity index (χ3v) is 5.25. The summed E-state index contributed by atoms with van der Waals surface area (Å²) in [6.45, 7) is 4.45. The molecule has 0 fully saturated rings. The van der Waals surface area contributed by atoms with Gasteiger partial charge >= 0.3 is 5.69 Å². The number of nitro groups is 1. The minimum absolute atomic E-state index is 0.0704. The summed E-state index contributed by atoms with van der Waals surface area (Å²) in [5.41, 5.74) is 2.05. The molecule has 1 aromatic heterocycles. The molecule has 1 aliphatic rings. The lowest BCUT2D eigenvalue weighted by atomic mass is 10.1. The van der Waals surface area contributed by atoms with Crippen molar-refractivity contribution in [2.45, 2.75) is 26.5 Å². The lowest BCUT2D eigenvalue weighted by Gasteiger charge is -2.27. The van der Waals surface area contributed by atoms with Crippen molar-refractivity contribution in [1.29, 1.82) is 0 Å². The first-order valence-corrected chi connectivity index (χ1v) is 9.88. The third kappa shape index (κ3) is 4.23. The first-order valence-electron chi connectivity index (χ1n) is 9.88. The normalized spacial score (nSPS) is 14.8. The maximum Gasteiger partial charge on any atom is 0.310 e. The molecule has 1 aliphatic heterocycles. The summed E-state index contributed by atoms with van der Waals surface area (Å²) in [5, 5.41) is 11.1. The van der Waals surface area contributed by atoms with E-state index in [9.17, 15) is 14.9 Å². The fraction of sp³-hybridized carbons (Fsp3) is 0.261. The Balaban J connectivity index is 1.46. The van der Waals surface area contributed by atoms with Gasteiger partial charge in [0, 0.05) is 23.0 Å². The van der Waals surface area contributed by atoms with Crippen LogP contribution in [0.5, 0.6) is 17.2 Å². The van der Waals surface area contributed by atoms with E-state index in [1.807, 2.05) is 42.7 Å². The van der Waals surface area contributed by atoms with Crippen molar-refractivity contribution < 1.29 is 23.9 Å². The molecule has 4 rings (SSSR count). The van der Waals surface area contributed by atoms with Gasteiger partial charge in [0.2, 0.25) is 5.78 Å². The number of fused-ring (bicyclic) bond motifs is 1. The van der Waals surface area contributed by atoms with Crippen LogP contribution >= 0.6 is 0 Å². The first kappa shape index (κ1) is 20.5. The molecule has 0 amide bonds. The fourth-order valence-electron chi connectivity index (χ4n) is 3.67. The van der Waals surface area contributed by atoms with Gasteiger partial charge in [-0.05, 0) is 38.1 Å². The zero-order chi connectivity index (χ0) is 22.0. The largest absolute Gasteiger partial charge is 0.486 e. The second kappa shape index (κ2) is 8.51. The molecule has 2 heterocycles. The van der Waals surface area contributed by atoms with E-state index in [4.69, 9.17) is 14.2 Å². The summed E-state index contributed by atoms with van der Waals surface area (Å²) in [7, 11) is 0. The highest BCUT2D eigenvalue weighted by molar-refractivity contribution is 5.98. The summed E-state index contributed by atoms with van der Waals surface area (Å²) in [4.78, 5) is 23.4. The van der Waals surface area contributed by atoms with Crippen LogP contribution in [0.4, 0.5) is 5.69 Å². The number of hydrogen-bond donors (Lipinski definition) is 0. The van der Waals surface area contributed by atoms with Crippen molar-refractivity contribution in [2.75, 3.05) is 13.2 Å². The highest BCUT2D eigenvalue weighted by Gasteiger charge is 2.24. The van der Waals surface area contributed by atoms with Crippen LogP contribution in [0.25, 0.3) is 0 Å². The number of carbonyl (C=O) groups excluding carboxylic acids is 1. The molecule has 0 spiro atoms. The molecule has 1 atom stereocenters. The molecule has 8 nitrogen and oxygen atoms in total. The van der Waals surface area contributed by atoms with E-state index in [0.29, 0.717) is 24.5 Å². The lowest BCUT2D eigenvalue weighted by Crippen LogP contribution is -2.33. The van der Waals surface area contributed by atoms with Crippen molar-refractivity contribution in [3.05, 3.63) is 81.7 Å². The minimum Gasteiger partial charge on any atom is -0.486 e. The Hall–Kier alpha value is -3.81. The number of benzene rings is 2. The number of nitro benzene ring substituents is 1. The molecule has 0 radical (unpaired) electrons. The van der Waals surface area contributed by atoms with Crippen LogP contribution in [0.1, 0.15) is 21.7 Å². The molecule has 0 saturated heterocycles. The first-order chi connectivity index (χ1) is 14.9. The van der Waals surface area contributed by atoms with Gasteiger partial charge in [0.1, 0.15) is 6.61 Å². The number of para-hydroxylation sites is 4. The second-order valence-electron chi connectivity index (χ2n) is 7.33. The Morgan fingerprint density at radius 2 is 1.87 bits per heavy atom. The average molecular weight is 422 g/mol. The van der Waals surface area contributed by atoms with Gasteiger partial charge in [-0.3, -0.25) is 14.9 Å². The van der Waals surface area contributed by atoms with Crippen LogP contribution in [0.15, 0.2) is 54.6 Å². The standard InChI is InChI=1S/C23H22N2O6/c1-15-11-18(20(26)14-30-21-8-4-3-7-19(21)25(27)28)16(2)24(15)12-17-13-29-22-9-5-6-10-23(22)31-17/h3-11,17H,12-14H2,1-2H3. The van der Waals surface area contributed by atoms with Gasteiger partial charge in [0.25, 0.3) is 0 Å². The summed E-state index contributed by atoms with van der Waals surface area (Å²) < 4.78 is 19.3. The SMILES string of the molecule is Cc1cc(C(=O)COc2ccccc2[N+](=O)[O-])c(C)n1CC1COc2ccccc2O1. The number of aromatic nitrogens is 1. The van der Waals surface area contributed by atoms with Gasteiger partial charge in [-0.25, -0.2) is 0 Å². The molecule has 0 bridgehead atoms. The highest BCUT2D eigenvalue weighted by atomic mass is 16.6. The van der Waals surface area contributed by atoms with Crippen molar-refractivity contribution in [1.82, 2.24) is 4.57 Å². The van der Waals surface area contributed by atoms with Crippen molar-refractivity contribution in [3.63, 3.8) is 0 Å². The van der Waals surface area contributed by atoms with Crippen LogP contribution in [0.2, 0.25) is 0 Å². The second-order valence-corrected chi connectivity index (χ2v) is 7.33. The van der Waals surface area contributed by atoms with Gasteiger partial charge < -0.3 is 18.8 Å². The predicted molar refractivity (Wildman–Crippen MR) is 113 cm³/mol. The van der Waals surface area contributed by atoms with Crippen LogP contribution in [0.3, 0.4) is 0 Å². The molecule has 0 aliphatic carbocycles. The number of rotatable bonds is 7. The van der Waals surface area contributed by atoms with Gasteiger partial charge in [0.05, 0.1) is 11.5 Å². The highest BCUT2D eigenvalue weighted by Crippen LogP contribution is 2.32. The number of aryl methyl sites for hydroxylation is 1. The molecule has 0 saturated carbocycles. The predicted octanol–water partition coefficient (Wildman–Crippen LogP) is 4.11. The van der Waals surface area contributed by atoms with Gasteiger partial charge in [-0.2, -0.15) is 0 Å². The Morgan fingerprint density at radius 1 is 1.16 bits per heavy atom. The van der Waals surface area contributed by atoms with Crippen LogP contribution < -0.4 is 14.2 Å². The van der Waals surface area contributed by atoms with Crippen LogP contribution in [-0.4, -0.2) is 34.6 Å². The minimum atomic E-state index is -0.532. The lowest BCUT2D eigenvalue weighted by molar-refractivity contribution is -0.385.